The molecule has 2 atom stereocenters. The van der Waals surface area contributed by atoms with Crippen LogP contribution >= 0.6 is 0 Å². The van der Waals surface area contributed by atoms with E-state index >= 15 is 0 Å². The van der Waals surface area contributed by atoms with Crippen molar-refractivity contribution in [1.29, 1.82) is 0 Å². The summed E-state index contributed by atoms with van der Waals surface area (Å²) in [5.74, 6) is 0.113. The second-order valence-electron chi connectivity index (χ2n) is 4.11. The number of ether oxygens (including phenoxy) is 1. The highest BCUT2D eigenvalue weighted by Gasteiger charge is 2.28. The maximum atomic E-state index is 11.7. The molecule has 0 unspecified atom stereocenters. The summed E-state index contributed by atoms with van der Waals surface area (Å²) >= 11 is 0. The van der Waals surface area contributed by atoms with Crippen molar-refractivity contribution in [2.75, 3.05) is 12.3 Å². The minimum Gasteiger partial charge on any atom is -0.394 e. The predicted molar refractivity (Wildman–Crippen MR) is 60.7 cm³/mol. The molecule has 94 valence electrons. The van der Waals surface area contributed by atoms with Crippen molar-refractivity contribution in [1.82, 2.24) is 9.55 Å². The third kappa shape index (κ3) is 1.98. The van der Waals surface area contributed by atoms with Crippen molar-refractivity contribution < 1.29 is 9.84 Å². The van der Waals surface area contributed by atoms with Gasteiger partial charge in [0.15, 0.2) is 0 Å². The van der Waals surface area contributed by atoms with E-state index in [0.29, 0.717) is 18.4 Å². The maximum Gasteiger partial charge on any atom is 0.332 e. The minimum atomic E-state index is -0.582. The fourth-order valence-corrected chi connectivity index (χ4v) is 1.95. The number of anilines is 1. The zero-order valence-electron chi connectivity index (χ0n) is 9.47. The van der Waals surface area contributed by atoms with E-state index < -0.39 is 17.5 Å². The Kier molecular flexibility index (Phi) is 3.03. The van der Waals surface area contributed by atoms with Gasteiger partial charge in [-0.25, -0.2) is 4.79 Å². The summed E-state index contributed by atoms with van der Waals surface area (Å²) in [6, 6.07) is 0. The van der Waals surface area contributed by atoms with Crippen LogP contribution in [0.2, 0.25) is 0 Å². The van der Waals surface area contributed by atoms with Gasteiger partial charge in [-0.05, 0) is 19.8 Å². The Morgan fingerprint density at radius 1 is 1.53 bits per heavy atom. The molecule has 17 heavy (non-hydrogen) atoms. The lowest BCUT2D eigenvalue weighted by atomic mass is 10.2. The molecule has 0 aliphatic carbocycles. The van der Waals surface area contributed by atoms with Gasteiger partial charge in [0, 0.05) is 0 Å². The molecule has 0 spiro atoms. The molecule has 1 saturated heterocycles. The summed E-state index contributed by atoms with van der Waals surface area (Å²) in [6.07, 6.45) is 0.445. The van der Waals surface area contributed by atoms with Gasteiger partial charge in [-0.1, -0.05) is 0 Å². The summed E-state index contributed by atoms with van der Waals surface area (Å²) in [5, 5.41) is 8.97. The Morgan fingerprint density at radius 2 is 2.24 bits per heavy atom. The lowest BCUT2D eigenvalue weighted by Crippen LogP contribution is -2.36. The van der Waals surface area contributed by atoms with Gasteiger partial charge < -0.3 is 15.6 Å². The van der Waals surface area contributed by atoms with Crippen molar-refractivity contribution in [2.24, 2.45) is 0 Å². The van der Waals surface area contributed by atoms with Gasteiger partial charge in [0.05, 0.1) is 18.3 Å². The van der Waals surface area contributed by atoms with E-state index in [-0.39, 0.29) is 18.5 Å². The molecular weight excluding hydrogens is 226 g/mol. The van der Waals surface area contributed by atoms with Crippen LogP contribution in [0, 0.1) is 6.92 Å². The maximum absolute atomic E-state index is 11.7. The van der Waals surface area contributed by atoms with Gasteiger partial charge in [-0.3, -0.25) is 14.3 Å². The number of aromatic nitrogens is 2. The molecule has 0 radical (unpaired) electrons. The molecule has 7 nitrogen and oxygen atoms in total. The topological polar surface area (TPSA) is 110 Å². The molecule has 7 heteroatoms. The van der Waals surface area contributed by atoms with Crippen LogP contribution in [0.5, 0.6) is 0 Å². The number of nitrogens with one attached hydrogen (secondary N) is 1. The van der Waals surface area contributed by atoms with E-state index in [9.17, 15) is 9.59 Å². The first kappa shape index (κ1) is 11.9. The summed E-state index contributed by atoms with van der Waals surface area (Å²) in [7, 11) is 0. The second-order valence-corrected chi connectivity index (χ2v) is 4.11. The molecule has 0 saturated carbocycles. The van der Waals surface area contributed by atoms with Crippen molar-refractivity contribution in [3.63, 3.8) is 0 Å². The number of nitrogens with two attached hydrogens (primary N) is 1. The number of H-pyrrole nitrogens is 1. The Hall–Kier alpha value is -1.60. The average molecular weight is 241 g/mol. The van der Waals surface area contributed by atoms with E-state index in [0.717, 1.165) is 0 Å². The Labute approximate surface area is 96.8 Å². The van der Waals surface area contributed by atoms with E-state index in [4.69, 9.17) is 15.6 Å². The number of aliphatic hydroxyl groups excluding tert-OH is 1. The van der Waals surface area contributed by atoms with Gasteiger partial charge in [0.2, 0.25) is 0 Å². The Bertz CT molecular complexity index is 533. The third-order valence-electron chi connectivity index (χ3n) is 3.00. The SMILES string of the molecule is Cc1c(N)n([C@H]2CC[C@@H](CO)O2)c(=O)[nH]c1=O. The molecule has 2 heterocycles. The number of hydrogen-bond donors (Lipinski definition) is 3. The molecule has 1 fully saturated rings. The largest absolute Gasteiger partial charge is 0.394 e. The van der Waals surface area contributed by atoms with Crippen LogP contribution < -0.4 is 17.0 Å². The lowest BCUT2D eigenvalue weighted by Gasteiger charge is -2.17. The van der Waals surface area contributed by atoms with Crippen LogP contribution in [0.25, 0.3) is 0 Å². The quantitative estimate of drug-likeness (QED) is 0.621. The number of aromatic amines is 1. The standard InChI is InChI=1S/C10H15N3O4/c1-5-8(11)13(10(16)12-9(5)15)7-3-2-6(4-14)17-7/h6-7,14H,2-4,11H2,1H3,(H,12,15,16)/t6-,7+/m0/s1. The molecule has 0 amide bonds. The fraction of sp³-hybridized carbons (Fsp3) is 0.600. The third-order valence-corrected chi connectivity index (χ3v) is 3.00. The van der Waals surface area contributed by atoms with Crippen molar-refractivity contribution >= 4 is 5.82 Å². The highest BCUT2D eigenvalue weighted by Crippen LogP contribution is 2.28. The first-order valence-electron chi connectivity index (χ1n) is 5.41. The minimum absolute atomic E-state index is 0.0898. The number of nitrogen functional groups attached to an aromatic ring is 1. The Morgan fingerprint density at radius 3 is 2.82 bits per heavy atom. The first-order chi connectivity index (χ1) is 8.04. The molecule has 1 aliphatic heterocycles. The molecule has 1 aromatic heterocycles. The van der Waals surface area contributed by atoms with Gasteiger partial charge >= 0.3 is 5.69 Å². The summed E-state index contributed by atoms with van der Waals surface area (Å²) in [5.41, 5.74) is 4.98. The van der Waals surface area contributed by atoms with E-state index in [2.05, 4.69) is 4.98 Å². The van der Waals surface area contributed by atoms with Crippen LogP contribution in [-0.2, 0) is 4.74 Å². The molecular formula is C10H15N3O4. The predicted octanol–water partition coefficient (Wildman–Crippen LogP) is -0.903. The summed E-state index contributed by atoms with van der Waals surface area (Å²) in [6.45, 7) is 1.45. The zero-order chi connectivity index (χ0) is 12.6. The van der Waals surface area contributed by atoms with Gasteiger partial charge in [-0.2, -0.15) is 0 Å². The molecule has 4 N–H and O–H groups in total. The molecule has 1 aromatic rings. The molecule has 1 aliphatic rings. The summed E-state index contributed by atoms with van der Waals surface area (Å²) < 4.78 is 6.69. The fourth-order valence-electron chi connectivity index (χ4n) is 1.95. The molecule has 0 bridgehead atoms. The van der Waals surface area contributed by atoms with Crippen LogP contribution in [0.1, 0.15) is 24.6 Å². The molecule has 0 aromatic carbocycles. The summed E-state index contributed by atoms with van der Waals surface area (Å²) in [4.78, 5) is 25.2. The van der Waals surface area contributed by atoms with Gasteiger partial charge in [0.25, 0.3) is 5.56 Å². The lowest BCUT2D eigenvalue weighted by molar-refractivity contribution is -0.0235. The highest BCUT2D eigenvalue weighted by atomic mass is 16.5. The second kappa shape index (κ2) is 4.34. The van der Waals surface area contributed by atoms with E-state index in [1.54, 1.807) is 6.92 Å². The normalized spacial score (nSPS) is 24.1. The van der Waals surface area contributed by atoms with Gasteiger partial charge in [0.1, 0.15) is 12.0 Å². The number of hydrogen-bond acceptors (Lipinski definition) is 5. The van der Waals surface area contributed by atoms with Crippen molar-refractivity contribution in [3.05, 3.63) is 26.4 Å². The van der Waals surface area contributed by atoms with Crippen molar-refractivity contribution in [3.8, 4) is 0 Å². The van der Waals surface area contributed by atoms with Crippen LogP contribution in [0.4, 0.5) is 5.82 Å². The molecule has 2 rings (SSSR count). The monoisotopic (exact) mass is 241 g/mol. The van der Waals surface area contributed by atoms with Crippen LogP contribution in [0.15, 0.2) is 9.59 Å². The average Bonchev–Trinajstić information content (AvgIpc) is 2.74. The van der Waals surface area contributed by atoms with E-state index in [1.807, 2.05) is 0 Å². The first-order valence-corrected chi connectivity index (χ1v) is 5.41. The number of aliphatic hydroxyl groups is 1. The Balaban J connectivity index is 2.44. The zero-order valence-corrected chi connectivity index (χ0v) is 9.47. The number of rotatable bonds is 2. The van der Waals surface area contributed by atoms with Crippen molar-refractivity contribution in [2.45, 2.75) is 32.1 Å². The smallest absolute Gasteiger partial charge is 0.332 e. The number of nitrogens with zero attached hydrogens (tertiary/aromatic N) is 1. The highest BCUT2D eigenvalue weighted by molar-refractivity contribution is 5.37. The van der Waals surface area contributed by atoms with Crippen LogP contribution in [-0.4, -0.2) is 27.4 Å². The van der Waals surface area contributed by atoms with Crippen LogP contribution in [0.3, 0.4) is 0 Å². The van der Waals surface area contributed by atoms with Gasteiger partial charge in [-0.15, -0.1) is 0 Å². The van der Waals surface area contributed by atoms with E-state index in [1.165, 1.54) is 4.57 Å².